The maximum absolute atomic E-state index is 12.1. The van der Waals surface area contributed by atoms with Crippen molar-refractivity contribution in [1.29, 1.82) is 5.26 Å². The van der Waals surface area contributed by atoms with E-state index in [4.69, 9.17) is 10.4 Å². The van der Waals surface area contributed by atoms with Gasteiger partial charge in [-0.25, -0.2) is 13.4 Å². The molecule has 2 N–H and O–H groups in total. The van der Waals surface area contributed by atoms with Gasteiger partial charge in [0.2, 0.25) is 10.0 Å². The molecule has 0 saturated carbocycles. The number of aromatic nitrogens is 1. The molecule has 0 amide bonds. The van der Waals surface area contributed by atoms with Crippen LogP contribution < -0.4 is 4.72 Å². The van der Waals surface area contributed by atoms with Crippen LogP contribution in [0.15, 0.2) is 23.2 Å². The summed E-state index contributed by atoms with van der Waals surface area (Å²) in [4.78, 5) is 14.6. The lowest BCUT2D eigenvalue weighted by molar-refractivity contribution is -0.140. The number of rotatable bonds is 6. The number of sulfonamides is 1. The van der Waals surface area contributed by atoms with Gasteiger partial charge in [-0.3, -0.25) is 4.79 Å². The monoisotopic (exact) mass is 297 g/mol. The van der Waals surface area contributed by atoms with Crippen molar-refractivity contribution in [2.75, 3.05) is 0 Å². The standard InChI is InChI=1S/C12H15N3O4S/c1-3-8(2)11(12(16)17)15-20(18,19)10-5-4-9(6-13)14-7-10/h4-5,7-8,11,15H,3H2,1-2H3,(H,16,17). The van der Waals surface area contributed by atoms with Crippen molar-refractivity contribution in [2.45, 2.75) is 31.2 Å². The molecule has 1 heterocycles. The highest BCUT2D eigenvalue weighted by atomic mass is 32.2. The minimum Gasteiger partial charge on any atom is -0.480 e. The van der Waals surface area contributed by atoms with Crippen molar-refractivity contribution in [3.8, 4) is 6.07 Å². The zero-order valence-corrected chi connectivity index (χ0v) is 11.9. The van der Waals surface area contributed by atoms with Crippen molar-refractivity contribution in [3.63, 3.8) is 0 Å². The van der Waals surface area contributed by atoms with Gasteiger partial charge < -0.3 is 5.11 Å². The molecule has 108 valence electrons. The molecular formula is C12H15N3O4S. The van der Waals surface area contributed by atoms with Gasteiger partial charge in [0.15, 0.2) is 0 Å². The summed E-state index contributed by atoms with van der Waals surface area (Å²) in [6.07, 6.45) is 1.54. The second-order valence-corrected chi connectivity index (χ2v) is 6.03. The molecule has 0 fully saturated rings. The van der Waals surface area contributed by atoms with Crippen LogP contribution in [-0.2, 0) is 14.8 Å². The van der Waals surface area contributed by atoms with Crippen LogP contribution in [0.4, 0.5) is 0 Å². The molecule has 1 rings (SSSR count). The molecular weight excluding hydrogens is 282 g/mol. The van der Waals surface area contributed by atoms with Gasteiger partial charge in [-0.1, -0.05) is 20.3 Å². The molecule has 0 saturated heterocycles. The average molecular weight is 297 g/mol. The van der Waals surface area contributed by atoms with Crippen LogP contribution >= 0.6 is 0 Å². The Morgan fingerprint density at radius 1 is 1.55 bits per heavy atom. The molecule has 2 atom stereocenters. The van der Waals surface area contributed by atoms with Crippen molar-refractivity contribution >= 4 is 16.0 Å². The zero-order valence-electron chi connectivity index (χ0n) is 11.1. The van der Waals surface area contributed by atoms with Gasteiger partial charge in [0.25, 0.3) is 0 Å². The van der Waals surface area contributed by atoms with Crippen LogP contribution in [-0.4, -0.2) is 30.5 Å². The highest BCUT2D eigenvalue weighted by molar-refractivity contribution is 7.89. The van der Waals surface area contributed by atoms with Crippen molar-refractivity contribution in [1.82, 2.24) is 9.71 Å². The molecule has 1 aromatic rings. The van der Waals surface area contributed by atoms with E-state index in [-0.39, 0.29) is 16.5 Å². The SMILES string of the molecule is CCC(C)C(NS(=O)(=O)c1ccc(C#N)nc1)C(=O)O. The smallest absolute Gasteiger partial charge is 0.322 e. The van der Waals surface area contributed by atoms with Crippen LogP contribution in [0.1, 0.15) is 26.0 Å². The lowest BCUT2D eigenvalue weighted by atomic mass is 10.0. The number of pyridine rings is 1. The minimum atomic E-state index is -3.99. The second-order valence-electron chi connectivity index (χ2n) is 4.31. The Balaban J connectivity index is 3.03. The number of hydrogen-bond donors (Lipinski definition) is 2. The van der Waals surface area contributed by atoms with E-state index in [1.54, 1.807) is 19.9 Å². The van der Waals surface area contributed by atoms with E-state index in [9.17, 15) is 13.2 Å². The summed E-state index contributed by atoms with van der Waals surface area (Å²) < 4.78 is 26.3. The molecule has 2 unspecified atom stereocenters. The number of carboxylic acid groups (broad SMARTS) is 1. The van der Waals surface area contributed by atoms with E-state index >= 15 is 0 Å². The largest absolute Gasteiger partial charge is 0.480 e. The number of nitriles is 1. The van der Waals surface area contributed by atoms with Gasteiger partial charge >= 0.3 is 5.97 Å². The second kappa shape index (κ2) is 6.45. The number of hydrogen-bond acceptors (Lipinski definition) is 5. The molecule has 0 aliphatic carbocycles. The molecule has 20 heavy (non-hydrogen) atoms. The Kier molecular flexibility index (Phi) is 5.19. The van der Waals surface area contributed by atoms with E-state index in [1.807, 2.05) is 0 Å². The summed E-state index contributed by atoms with van der Waals surface area (Å²) in [5.74, 6) is -1.59. The summed E-state index contributed by atoms with van der Waals surface area (Å²) in [7, 11) is -3.99. The van der Waals surface area contributed by atoms with Gasteiger partial charge in [0.1, 0.15) is 22.7 Å². The molecule has 0 radical (unpaired) electrons. The van der Waals surface area contributed by atoms with Crippen LogP contribution in [0.2, 0.25) is 0 Å². The van der Waals surface area contributed by atoms with E-state index < -0.39 is 22.0 Å². The maximum atomic E-state index is 12.1. The van der Waals surface area contributed by atoms with Gasteiger partial charge in [0, 0.05) is 6.20 Å². The van der Waals surface area contributed by atoms with Gasteiger partial charge in [0.05, 0.1) is 0 Å². The Hall–Kier alpha value is -1.98. The molecule has 0 aromatic carbocycles. The fourth-order valence-electron chi connectivity index (χ4n) is 1.49. The number of nitrogens with zero attached hydrogens (tertiary/aromatic N) is 2. The average Bonchev–Trinajstić information content (AvgIpc) is 2.43. The summed E-state index contributed by atoms with van der Waals surface area (Å²) in [5, 5.41) is 17.7. The van der Waals surface area contributed by atoms with Crippen molar-refractivity contribution in [3.05, 3.63) is 24.0 Å². The van der Waals surface area contributed by atoms with Crippen LogP contribution in [0.5, 0.6) is 0 Å². The summed E-state index contributed by atoms with van der Waals surface area (Å²) >= 11 is 0. The fourth-order valence-corrected chi connectivity index (χ4v) is 2.73. The van der Waals surface area contributed by atoms with Gasteiger partial charge in [-0.2, -0.15) is 9.98 Å². The highest BCUT2D eigenvalue weighted by Gasteiger charge is 2.29. The van der Waals surface area contributed by atoms with E-state index in [0.29, 0.717) is 6.42 Å². The first kappa shape index (κ1) is 16.1. The number of carbonyl (C=O) groups is 1. The summed E-state index contributed by atoms with van der Waals surface area (Å²) in [5.41, 5.74) is 0.0839. The molecule has 0 bridgehead atoms. The molecule has 0 aliphatic heterocycles. The van der Waals surface area contributed by atoms with E-state index in [0.717, 1.165) is 6.20 Å². The Labute approximate surface area is 117 Å². The van der Waals surface area contributed by atoms with E-state index in [1.165, 1.54) is 12.1 Å². The first-order valence-electron chi connectivity index (χ1n) is 5.93. The quantitative estimate of drug-likeness (QED) is 0.798. The van der Waals surface area contributed by atoms with Crippen LogP contribution in [0.3, 0.4) is 0 Å². The normalized spacial score (nSPS) is 14.2. The van der Waals surface area contributed by atoms with E-state index in [2.05, 4.69) is 9.71 Å². The summed E-state index contributed by atoms with van der Waals surface area (Å²) in [6.45, 7) is 3.43. The highest BCUT2D eigenvalue weighted by Crippen LogP contribution is 2.13. The predicted octanol–water partition coefficient (Wildman–Crippen LogP) is 0.731. The molecule has 0 spiro atoms. The van der Waals surface area contributed by atoms with Crippen molar-refractivity contribution < 1.29 is 18.3 Å². The van der Waals surface area contributed by atoms with Crippen LogP contribution in [0, 0.1) is 17.2 Å². The minimum absolute atomic E-state index is 0.0839. The maximum Gasteiger partial charge on any atom is 0.322 e. The predicted molar refractivity (Wildman–Crippen MR) is 70.2 cm³/mol. The topological polar surface area (TPSA) is 120 Å². The Bertz CT molecular complexity index is 619. The first-order chi connectivity index (χ1) is 9.31. The molecule has 1 aromatic heterocycles. The van der Waals surface area contributed by atoms with Crippen molar-refractivity contribution in [2.24, 2.45) is 5.92 Å². The third-order valence-electron chi connectivity index (χ3n) is 2.92. The molecule has 8 heteroatoms. The third-order valence-corrected chi connectivity index (χ3v) is 4.35. The lowest BCUT2D eigenvalue weighted by Gasteiger charge is -2.19. The molecule has 0 aliphatic rings. The Morgan fingerprint density at radius 3 is 2.60 bits per heavy atom. The fraction of sp³-hybridized carbons (Fsp3) is 0.417. The number of aliphatic carboxylic acids is 1. The lowest BCUT2D eigenvalue weighted by Crippen LogP contribution is -2.44. The third kappa shape index (κ3) is 3.76. The summed E-state index contributed by atoms with van der Waals surface area (Å²) in [6, 6.07) is 3.03. The van der Waals surface area contributed by atoms with Crippen LogP contribution in [0.25, 0.3) is 0 Å². The van der Waals surface area contributed by atoms with Gasteiger partial charge in [-0.15, -0.1) is 0 Å². The zero-order chi connectivity index (χ0) is 15.3. The van der Waals surface area contributed by atoms with Gasteiger partial charge in [-0.05, 0) is 18.1 Å². The first-order valence-corrected chi connectivity index (χ1v) is 7.41. The Morgan fingerprint density at radius 2 is 2.20 bits per heavy atom. The molecule has 7 nitrogen and oxygen atoms in total. The number of carboxylic acids is 1. The number of nitrogens with one attached hydrogen (secondary N) is 1.